The van der Waals surface area contributed by atoms with Crippen molar-refractivity contribution in [3.8, 4) is 11.5 Å². The number of carbonyl (C=O) groups excluding carboxylic acids is 1. The van der Waals surface area contributed by atoms with Crippen LogP contribution in [0, 0.1) is 0 Å². The van der Waals surface area contributed by atoms with E-state index < -0.39 is 6.03 Å². The molecule has 2 amide bonds. The van der Waals surface area contributed by atoms with Gasteiger partial charge >= 0.3 is 6.03 Å². The van der Waals surface area contributed by atoms with Crippen molar-refractivity contribution in [3.63, 3.8) is 0 Å². The minimum atomic E-state index is -0.394. The van der Waals surface area contributed by atoms with E-state index in [4.69, 9.17) is 9.47 Å². The largest absolute Gasteiger partial charge is 0.497 e. The second-order valence-corrected chi connectivity index (χ2v) is 7.06. The van der Waals surface area contributed by atoms with Crippen LogP contribution in [0.25, 0.3) is 0 Å². The maximum Gasteiger partial charge on any atom is 0.325 e. The van der Waals surface area contributed by atoms with Gasteiger partial charge in [0.25, 0.3) is 0 Å². The van der Waals surface area contributed by atoms with Gasteiger partial charge in [-0.15, -0.1) is 10.2 Å². The predicted molar refractivity (Wildman–Crippen MR) is 103 cm³/mol. The fourth-order valence-electron chi connectivity index (χ4n) is 2.90. The average Bonchev–Trinajstić information content (AvgIpc) is 3.09. The quantitative estimate of drug-likeness (QED) is 0.828. The number of anilines is 3. The van der Waals surface area contributed by atoms with Gasteiger partial charge in [0.15, 0.2) is 0 Å². The Kier molecular flexibility index (Phi) is 5.77. The highest BCUT2D eigenvalue weighted by atomic mass is 32.1. The molecule has 1 aromatic carbocycles. The minimum absolute atomic E-state index is 0.394. The number of benzene rings is 1. The molecule has 2 aromatic rings. The van der Waals surface area contributed by atoms with Gasteiger partial charge in [-0.2, -0.15) is 0 Å². The van der Waals surface area contributed by atoms with Crippen molar-refractivity contribution in [1.29, 1.82) is 0 Å². The molecule has 1 aromatic heterocycles. The number of aromatic nitrogens is 2. The van der Waals surface area contributed by atoms with Gasteiger partial charge in [0.2, 0.25) is 10.3 Å². The molecule has 0 aliphatic carbocycles. The summed E-state index contributed by atoms with van der Waals surface area (Å²) in [5.41, 5.74) is 0.563. The normalized spacial score (nSPS) is 16.9. The van der Waals surface area contributed by atoms with Gasteiger partial charge in [-0.1, -0.05) is 11.3 Å². The first-order valence-corrected chi connectivity index (χ1v) is 9.32. The van der Waals surface area contributed by atoms with Crippen LogP contribution in [0.1, 0.15) is 26.2 Å². The van der Waals surface area contributed by atoms with E-state index in [1.54, 1.807) is 32.4 Å². The van der Waals surface area contributed by atoms with Crippen LogP contribution in [0.4, 0.5) is 20.7 Å². The molecule has 1 saturated heterocycles. The van der Waals surface area contributed by atoms with Crippen molar-refractivity contribution >= 4 is 33.3 Å². The summed E-state index contributed by atoms with van der Waals surface area (Å²) in [5.74, 6) is 1.19. The molecule has 0 bridgehead atoms. The molecular weight excluding hydrogens is 354 g/mol. The van der Waals surface area contributed by atoms with Crippen LogP contribution in [-0.4, -0.2) is 43.0 Å². The number of methoxy groups -OCH3 is 2. The number of hydrogen-bond acceptors (Lipinski definition) is 7. The van der Waals surface area contributed by atoms with Gasteiger partial charge < -0.3 is 19.7 Å². The first-order valence-electron chi connectivity index (χ1n) is 8.50. The molecule has 1 aliphatic heterocycles. The molecule has 26 heavy (non-hydrogen) atoms. The lowest BCUT2D eigenvalue weighted by Crippen LogP contribution is -2.37. The minimum Gasteiger partial charge on any atom is -0.497 e. The third-order valence-corrected chi connectivity index (χ3v) is 5.17. The second kappa shape index (κ2) is 8.22. The summed E-state index contributed by atoms with van der Waals surface area (Å²) in [7, 11) is 3.12. The van der Waals surface area contributed by atoms with Crippen LogP contribution >= 0.6 is 11.3 Å². The Balaban J connectivity index is 1.64. The molecule has 3 rings (SSSR count). The van der Waals surface area contributed by atoms with Crippen LogP contribution in [0.2, 0.25) is 0 Å². The summed E-state index contributed by atoms with van der Waals surface area (Å²) in [5, 5.41) is 15.1. The molecule has 140 valence electrons. The van der Waals surface area contributed by atoms with E-state index in [1.807, 2.05) is 0 Å². The maximum atomic E-state index is 12.3. The number of ether oxygens (including phenoxy) is 2. The Morgan fingerprint density at radius 1 is 1.15 bits per heavy atom. The Morgan fingerprint density at radius 3 is 2.54 bits per heavy atom. The molecule has 1 atom stereocenters. The molecule has 0 radical (unpaired) electrons. The molecule has 1 aliphatic rings. The van der Waals surface area contributed by atoms with E-state index in [0.717, 1.165) is 24.5 Å². The zero-order chi connectivity index (χ0) is 18.5. The van der Waals surface area contributed by atoms with Crippen LogP contribution in [-0.2, 0) is 0 Å². The van der Waals surface area contributed by atoms with Crippen molar-refractivity contribution in [1.82, 2.24) is 10.2 Å². The van der Waals surface area contributed by atoms with Gasteiger partial charge in [0, 0.05) is 36.5 Å². The average molecular weight is 377 g/mol. The molecule has 2 heterocycles. The van der Waals surface area contributed by atoms with Crippen molar-refractivity contribution in [2.24, 2.45) is 0 Å². The summed E-state index contributed by atoms with van der Waals surface area (Å²) >= 11 is 1.38. The lowest BCUT2D eigenvalue weighted by Gasteiger charge is -2.32. The standard InChI is InChI=1S/C17H23N5O3S/c1-11-6-4-5-7-22(11)17-21-20-16(26-17)19-15(23)18-12-8-13(24-2)10-14(9-12)25-3/h8-11H,4-7H2,1-3H3,(H2,18,19,20,23). The lowest BCUT2D eigenvalue weighted by atomic mass is 10.1. The summed E-state index contributed by atoms with van der Waals surface area (Å²) < 4.78 is 10.4. The molecular formula is C17H23N5O3S. The van der Waals surface area contributed by atoms with E-state index >= 15 is 0 Å². The fourth-order valence-corrected chi connectivity index (χ4v) is 3.77. The Hall–Kier alpha value is -2.55. The zero-order valence-corrected chi connectivity index (χ0v) is 15.9. The number of piperidine rings is 1. The SMILES string of the molecule is COc1cc(NC(=O)Nc2nnc(N3CCCCC3C)s2)cc(OC)c1. The van der Waals surface area contributed by atoms with Gasteiger partial charge in [0.1, 0.15) is 11.5 Å². The molecule has 1 fully saturated rings. The Bertz CT molecular complexity index is 744. The summed E-state index contributed by atoms with van der Waals surface area (Å²) in [6.45, 7) is 3.17. The molecule has 9 heteroatoms. The first-order chi connectivity index (χ1) is 12.6. The molecule has 1 unspecified atom stereocenters. The smallest absolute Gasteiger partial charge is 0.325 e. The number of urea groups is 1. The number of nitrogens with one attached hydrogen (secondary N) is 2. The van der Waals surface area contributed by atoms with Gasteiger partial charge in [-0.3, -0.25) is 5.32 Å². The highest BCUT2D eigenvalue weighted by Crippen LogP contribution is 2.30. The third kappa shape index (κ3) is 4.34. The van der Waals surface area contributed by atoms with Crippen molar-refractivity contribution in [3.05, 3.63) is 18.2 Å². The van der Waals surface area contributed by atoms with Gasteiger partial charge in [-0.25, -0.2) is 4.79 Å². The van der Waals surface area contributed by atoms with Crippen LogP contribution in [0.5, 0.6) is 11.5 Å². The van der Waals surface area contributed by atoms with E-state index in [0.29, 0.717) is 28.4 Å². The number of hydrogen-bond donors (Lipinski definition) is 2. The Labute approximate surface area is 156 Å². The molecule has 2 N–H and O–H groups in total. The summed E-state index contributed by atoms with van der Waals surface area (Å²) in [6, 6.07) is 5.21. The number of carbonyl (C=O) groups is 1. The number of rotatable bonds is 5. The van der Waals surface area contributed by atoms with Crippen LogP contribution in [0.3, 0.4) is 0 Å². The van der Waals surface area contributed by atoms with E-state index in [1.165, 1.54) is 17.8 Å². The number of nitrogens with zero attached hydrogens (tertiary/aromatic N) is 3. The van der Waals surface area contributed by atoms with E-state index in [2.05, 4.69) is 32.7 Å². The van der Waals surface area contributed by atoms with E-state index in [9.17, 15) is 4.79 Å². The van der Waals surface area contributed by atoms with Crippen molar-refractivity contribution in [2.45, 2.75) is 32.2 Å². The molecule has 0 spiro atoms. The lowest BCUT2D eigenvalue weighted by molar-refractivity contribution is 0.262. The van der Waals surface area contributed by atoms with E-state index in [-0.39, 0.29) is 0 Å². The van der Waals surface area contributed by atoms with Crippen LogP contribution < -0.4 is 25.0 Å². The van der Waals surface area contributed by atoms with Gasteiger partial charge in [-0.05, 0) is 26.2 Å². The first kappa shape index (κ1) is 18.2. The monoisotopic (exact) mass is 377 g/mol. The third-order valence-electron chi connectivity index (χ3n) is 4.29. The molecule has 8 nitrogen and oxygen atoms in total. The highest BCUT2D eigenvalue weighted by Gasteiger charge is 2.22. The summed E-state index contributed by atoms with van der Waals surface area (Å²) in [6.07, 6.45) is 3.55. The van der Waals surface area contributed by atoms with Gasteiger partial charge in [0.05, 0.1) is 14.2 Å². The second-order valence-electron chi connectivity index (χ2n) is 6.11. The number of amides is 2. The van der Waals surface area contributed by atoms with Crippen LogP contribution in [0.15, 0.2) is 18.2 Å². The van der Waals surface area contributed by atoms with Crippen molar-refractivity contribution < 1.29 is 14.3 Å². The maximum absolute atomic E-state index is 12.3. The zero-order valence-electron chi connectivity index (χ0n) is 15.1. The molecule has 0 saturated carbocycles. The fraction of sp³-hybridized carbons (Fsp3) is 0.471. The highest BCUT2D eigenvalue weighted by molar-refractivity contribution is 7.19. The summed E-state index contributed by atoms with van der Waals surface area (Å²) in [4.78, 5) is 14.5. The topological polar surface area (TPSA) is 88.6 Å². The predicted octanol–water partition coefficient (Wildman–Crippen LogP) is 3.58. The Morgan fingerprint density at radius 2 is 1.88 bits per heavy atom. The van der Waals surface area contributed by atoms with Crippen molar-refractivity contribution in [2.75, 3.05) is 36.3 Å².